The summed E-state index contributed by atoms with van der Waals surface area (Å²) in [5, 5.41) is 3.06. The zero-order chi connectivity index (χ0) is 18.4. The standard InChI is InChI=1S/C21H22N4O2/c26-20(23-16-7-8-16)18-11-14-3-1-2-4-15(14)12-25(18)21(27)17-9-10-22-19(24-17)13-5-6-13/h1-4,9-10,13,16,18H,5-8,11-12H2,(H,23,26)/t18-/m1/s1. The van der Waals surface area contributed by atoms with E-state index in [1.165, 1.54) is 0 Å². The second-order valence-electron chi connectivity index (χ2n) is 7.78. The Hall–Kier alpha value is -2.76. The van der Waals surface area contributed by atoms with Gasteiger partial charge in [0.25, 0.3) is 5.91 Å². The van der Waals surface area contributed by atoms with Gasteiger partial charge in [-0.1, -0.05) is 24.3 Å². The molecule has 1 atom stereocenters. The summed E-state index contributed by atoms with van der Waals surface area (Å²) in [4.78, 5) is 36.6. The van der Waals surface area contributed by atoms with Crippen LogP contribution in [0.2, 0.25) is 0 Å². The number of aromatic nitrogens is 2. The third kappa shape index (κ3) is 3.31. The quantitative estimate of drug-likeness (QED) is 0.905. The van der Waals surface area contributed by atoms with E-state index in [0.29, 0.717) is 24.6 Å². The van der Waals surface area contributed by atoms with Crippen molar-refractivity contribution in [2.45, 2.75) is 56.7 Å². The van der Waals surface area contributed by atoms with Gasteiger partial charge in [0.05, 0.1) is 0 Å². The highest BCUT2D eigenvalue weighted by Crippen LogP contribution is 2.38. The second-order valence-corrected chi connectivity index (χ2v) is 7.78. The molecule has 2 heterocycles. The Balaban J connectivity index is 1.45. The number of nitrogens with zero attached hydrogens (tertiary/aromatic N) is 3. The minimum Gasteiger partial charge on any atom is -0.352 e. The van der Waals surface area contributed by atoms with Gasteiger partial charge in [-0.25, -0.2) is 9.97 Å². The third-order valence-electron chi connectivity index (χ3n) is 5.57. The Kier molecular flexibility index (Phi) is 3.92. The molecule has 138 valence electrons. The first-order chi connectivity index (χ1) is 13.2. The Labute approximate surface area is 158 Å². The first kappa shape index (κ1) is 16.4. The van der Waals surface area contributed by atoms with Crippen molar-refractivity contribution in [3.8, 4) is 0 Å². The van der Waals surface area contributed by atoms with Crippen LogP contribution in [0.25, 0.3) is 0 Å². The summed E-state index contributed by atoms with van der Waals surface area (Å²) in [5.41, 5.74) is 2.62. The number of fused-ring (bicyclic) bond motifs is 1. The number of benzene rings is 1. The first-order valence-corrected chi connectivity index (χ1v) is 9.70. The maximum atomic E-state index is 13.3. The van der Waals surface area contributed by atoms with E-state index in [-0.39, 0.29) is 17.9 Å². The number of hydrogen-bond acceptors (Lipinski definition) is 4. The van der Waals surface area contributed by atoms with Crippen LogP contribution in [0.15, 0.2) is 36.5 Å². The van der Waals surface area contributed by atoms with E-state index in [0.717, 1.165) is 42.6 Å². The van der Waals surface area contributed by atoms with Crippen molar-refractivity contribution in [2.75, 3.05) is 0 Å². The number of nitrogens with one attached hydrogen (secondary N) is 1. The molecule has 1 N–H and O–H groups in total. The molecule has 0 unspecified atom stereocenters. The van der Waals surface area contributed by atoms with Crippen LogP contribution in [-0.4, -0.2) is 38.8 Å². The molecule has 3 aliphatic rings. The van der Waals surface area contributed by atoms with Crippen molar-refractivity contribution >= 4 is 11.8 Å². The molecule has 1 aliphatic heterocycles. The Morgan fingerprint density at radius 2 is 1.81 bits per heavy atom. The molecule has 1 aromatic carbocycles. The molecular weight excluding hydrogens is 340 g/mol. The molecule has 0 spiro atoms. The Morgan fingerprint density at radius 1 is 1.04 bits per heavy atom. The van der Waals surface area contributed by atoms with Crippen LogP contribution in [0.5, 0.6) is 0 Å². The lowest BCUT2D eigenvalue weighted by Crippen LogP contribution is -2.53. The highest BCUT2D eigenvalue weighted by molar-refractivity contribution is 5.96. The van der Waals surface area contributed by atoms with Crippen molar-refractivity contribution in [1.82, 2.24) is 20.2 Å². The van der Waals surface area contributed by atoms with Crippen LogP contribution < -0.4 is 5.32 Å². The van der Waals surface area contributed by atoms with Crippen LogP contribution in [0.4, 0.5) is 0 Å². The fourth-order valence-corrected chi connectivity index (χ4v) is 3.67. The predicted octanol–water partition coefficient (Wildman–Crippen LogP) is 2.20. The topological polar surface area (TPSA) is 75.2 Å². The van der Waals surface area contributed by atoms with E-state index in [1.807, 2.05) is 24.3 Å². The van der Waals surface area contributed by atoms with E-state index in [2.05, 4.69) is 15.3 Å². The highest BCUT2D eigenvalue weighted by Gasteiger charge is 2.38. The summed E-state index contributed by atoms with van der Waals surface area (Å²) in [7, 11) is 0. The van der Waals surface area contributed by atoms with Crippen molar-refractivity contribution in [2.24, 2.45) is 0 Å². The van der Waals surface area contributed by atoms with Crippen LogP contribution in [0, 0.1) is 0 Å². The number of carbonyl (C=O) groups is 2. The molecule has 0 saturated heterocycles. The van der Waals surface area contributed by atoms with Gasteiger partial charge in [-0.2, -0.15) is 0 Å². The molecule has 0 bridgehead atoms. The average molecular weight is 362 g/mol. The number of carbonyl (C=O) groups excluding carboxylic acids is 2. The van der Waals surface area contributed by atoms with Gasteiger partial charge in [-0.15, -0.1) is 0 Å². The lowest BCUT2D eigenvalue weighted by atomic mass is 9.93. The molecule has 1 aromatic heterocycles. The average Bonchev–Trinajstić information content (AvgIpc) is 3.60. The fourth-order valence-electron chi connectivity index (χ4n) is 3.67. The van der Waals surface area contributed by atoms with Gasteiger partial charge in [0.15, 0.2) is 0 Å². The van der Waals surface area contributed by atoms with Gasteiger partial charge in [0.2, 0.25) is 5.91 Å². The Morgan fingerprint density at radius 3 is 2.56 bits per heavy atom. The van der Waals surface area contributed by atoms with Crippen molar-refractivity contribution < 1.29 is 9.59 Å². The summed E-state index contributed by atoms with van der Waals surface area (Å²) in [6.45, 7) is 0.431. The minimum absolute atomic E-state index is 0.0585. The van der Waals surface area contributed by atoms with E-state index in [1.54, 1.807) is 17.2 Å². The molecular formula is C21H22N4O2. The summed E-state index contributed by atoms with van der Waals surface area (Å²) < 4.78 is 0. The Bertz CT molecular complexity index is 905. The molecule has 6 nitrogen and oxygen atoms in total. The predicted molar refractivity (Wildman–Crippen MR) is 99.0 cm³/mol. The lowest BCUT2D eigenvalue weighted by Gasteiger charge is -2.36. The van der Waals surface area contributed by atoms with Gasteiger partial charge in [0, 0.05) is 31.1 Å². The SMILES string of the molecule is O=C(NC1CC1)[C@H]1Cc2ccccc2CN1C(=O)c1ccnc(C2CC2)n1. The highest BCUT2D eigenvalue weighted by atomic mass is 16.2. The number of rotatable bonds is 4. The fraction of sp³-hybridized carbons (Fsp3) is 0.429. The monoisotopic (exact) mass is 362 g/mol. The first-order valence-electron chi connectivity index (χ1n) is 9.70. The van der Waals surface area contributed by atoms with Gasteiger partial charge in [-0.3, -0.25) is 9.59 Å². The smallest absolute Gasteiger partial charge is 0.273 e. The van der Waals surface area contributed by atoms with Gasteiger partial charge < -0.3 is 10.2 Å². The zero-order valence-corrected chi connectivity index (χ0v) is 15.1. The van der Waals surface area contributed by atoms with Crippen LogP contribution in [0.1, 0.15) is 59.0 Å². The molecule has 2 aliphatic carbocycles. The second kappa shape index (κ2) is 6.44. The summed E-state index contributed by atoms with van der Waals surface area (Å²) in [6, 6.07) is 9.47. The molecule has 2 saturated carbocycles. The maximum Gasteiger partial charge on any atom is 0.273 e. The van der Waals surface area contributed by atoms with E-state index >= 15 is 0 Å². The number of hydrogen-bond donors (Lipinski definition) is 1. The normalized spacial score (nSPS) is 21.5. The molecule has 2 aromatic rings. The number of amides is 2. The molecule has 2 amide bonds. The molecule has 27 heavy (non-hydrogen) atoms. The van der Waals surface area contributed by atoms with E-state index < -0.39 is 6.04 Å². The largest absolute Gasteiger partial charge is 0.352 e. The van der Waals surface area contributed by atoms with Gasteiger partial charge in [0.1, 0.15) is 17.6 Å². The molecule has 2 fully saturated rings. The van der Waals surface area contributed by atoms with Crippen LogP contribution in [0.3, 0.4) is 0 Å². The molecule has 5 rings (SSSR count). The van der Waals surface area contributed by atoms with Crippen LogP contribution >= 0.6 is 0 Å². The van der Waals surface area contributed by atoms with Crippen molar-refractivity contribution in [1.29, 1.82) is 0 Å². The van der Waals surface area contributed by atoms with Crippen molar-refractivity contribution in [3.05, 3.63) is 59.2 Å². The van der Waals surface area contributed by atoms with E-state index in [9.17, 15) is 9.59 Å². The van der Waals surface area contributed by atoms with Crippen LogP contribution in [-0.2, 0) is 17.8 Å². The third-order valence-corrected chi connectivity index (χ3v) is 5.57. The summed E-state index contributed by atoms with van der Waals surface area (Å²) >= 11 is 0. The minimum atomic E-state index is -0.493. The summed E-state index contributed by atoms with van der Waals surface area (Å²) in [6.07, 6.45) is 6.42. The van der Waals surface area contributed by atoms with E-state index in [4.69, 9.17) is 0 Å². The maximum absolute atomic E-state index is 13.3. The van der Waals surface area contributed by atoms with Gasteiger partial charge in [-0.05, 0) is 42.9 Å². The van der Waals surface area contributed by atoms with Gasteiger partial charge >= 0.3 is 0 Å². The molecule has 0 radical (unpaired) electrons. The summed E-state index contributed by atoms with van der Waals surface area (Å²) in [5.74, 6) is 0.882. The van der Waals surface area contributed by atoms with Crippen molar-refractivity contribution in [3.63, 3.8) is 0 Å². The zero-order valence-electron chi connectivity index (χ0n) is 15.1. The molecule has 6 heteroatoms. The lowest BCUT2D eigenvalue weighted by molar-refractivity contribution is -0.126.